The van der Waals surface area contributed by atoms with E-state index in [2.05, 4.69) is 0 Å². The van der Waals surface area contributed by atoms with Gasteiger partial charge in [0.15, 0.2) is 0 Å². The first-order chi connectivity index (χ1) is 10.4. The van der Waals surface area contributed by atoms with E-state index in [0.29, 0.717) is 19.3 Å². The lowest BCUT2D eigenvalue weighted by atomic mass is 9.62. The first-order valence-corrected chi connectivity index (χ1v) is 9.79. The molecule has 1 unspecified atom stereocenters. The van der Waals surface area contributed by atoms with E-state index in [-0.39, 0.29) is 42.2 Å². The lowest BCUT2D eigenvalue weighted by Gasteiger charge is -2.46. The predicted octanol–water partition coefficient (Wildman–Crippen LogP) is 4.55. The van der Waals surface area contributed by atoms with Crippen molar-refractivity contribution in [2.24, 2.45) is 10.8 Å². The van der Waals surface area contributed by atoms with Gasteiger partial charge in [-0.25, -0.2) is 0 Å². The summed E-state index contributed by atoms with van der Waals surface area (Å²) in [4.78, 5) is 11.9. The fourth-order valence-corrected chi connectivity index (χ4v) is 4.81. The van der Waals surface area contributed by atoms with Gasteiger partial charge in [-0.2, -0.15) is 0 Å². The molecule has 1 atom stereocenters. The molecule has 8 heteroatoms. The van der Waals surface area contributed by atoms with Crippen LogP contribution in [0.5, 0.6) is 0 Å². The second kappa shape index (κ2) is 11.4. The van der Waals surface area contributed by atoms with Gasteiger partial charge < -0.3 is 10.2 Å². The number of aliphatic carboxylic acids is 1. The van der Waals surface area contributed by atoms with Crippen molar-refractivity contribution in [1.82, 2.24) is 0 Å². The minimum Gasteiger partial charge on any atom is -0.481 e. The van der Waals surface area contributed by atoms with E-state index in [4.69, 9.17) is 58.0 Å². The van der Waals surface area contributed by atoms with Gasteiger partial charge in [0, 0.05) is 34.8 Å². The number of carbonyl (C=O) groups is 1. The number of rotatable bonds is 13. The van der Waals surface area contributed by atoms with Crippen molar-refractivity contribution in [3.63, 3.8) is 0 Å². The molecule has 132 valence electrons. The van der Waals surface area contributed by atoms with E-state index in [1.165, 1.54) is 0 Å². The topological polar surface area (TPSA) is 57.5 Å². The second-order valence-corrected chi connectivity index (χ2v) is 7.31. The summed E-state index contributed by atoms with van der Waals surface area (Å²) in [5.74, 6) is -0.0468. The molecule has 0 amide bonds. The molecule has 0 rings (SSSR count). The van der Waals surface area contributed by atoms with Crippen molar-refractivity contribution in [2.45, 2.75) is 38.2 Å². The van der Waals surface area contributed by atoms with Crippen LogP contribution in [0.25, 0.3) is 0 Å². The predicted molar refractivity (Wildman–Crippen MR) is 95.2 cm³/mol. The summed E-state index contributed by atoms with van der Waals surface area (Å²) in [6, 6.07) is 0. The van der Waals surface area contributed by atoms with Crippen LogP contribution in [0.4, 0.5) is 0 Å². The standard InChI is InChI=1S/C14H23Cl5O3/c15-6-1-13(2-7-16,3-8-17)11(20)14(4-9-18,5-10-19)12(21)22/h11,20H,1-10H2,(H,21,22). The molecule has 0 aromatic rings. The highest BCUT2D eigenvalue weighted by atomic mass is 35.5. The van der Waals surface area contributed by atoms with Crippen LogP contribution in [0, 0.1) is 10.8 Å². The Morgan fingerprint density at radius 3 is 1.32 bits per heavy atom. The highest BCUT2D eigenvalue weighted by Gasteiger charge is 2.53. The summed E-state index contributed by atoms with van der Waals surface area (Å²) >= 11 is 29.3. The summed E-state index contributed by atoms with van der Waals surface area (Å²) < 4.78 is 0. The number of hydrogen-bond acceptors (Lipinski definition) is 2. The lowest BCUT2D eigenvalue weighted by molar-refractivity contribution is -0.167. The van der Waals surface area contributed by atoms with E-state index >= 15 is 0 Å². The van der Waals surface area contributed by atoms with Gasteiger partial charge in [0.25, 0.3) is 0 Å². The van der Waals surface area contributed by atoms with Crippen molar-refractivity contribution in [2.75, 3.05) is 29.4 Å². The molecule has 3 nitrogen and oxygen atoms in total. The molecule has 0 aromatic carbocycles. The maximum Gasteiger partial charge on any atom is 0.312 e. The molecule has 0 bridgehead atoms. The lowest BCUT2D eigenvalue weighted by Crippen LogP contribution is -2.53. The molecular weight excluding hydrogens is 393 g/mol. The van der Waals surface area contributed by atoms with Crippen LogP contribution >= 0.6 is 58.0 Å². The molecule has 0 fully saturated rings. The molecule has 0 radical (unpaired) electrons. The minimum absolute atomic E-state index is 0.110. The Bertz CT molecular complexity index is 305. The first kappa shape index (κ1) is 22.9. The van der Waals surface area contributed by atoms with Crippen molar-refractivity contribution >= 4 is 64.0 Å². The Morgan fingerprint density at radius 1 is 0.773 bits per heavy atom. The number of alkyl halides is 5. The third kappa shape index (κ3) is 5.46. The Balaban J connectivity index is 5.85. The molecule has 22 heavy (non-hydrogen) atoms. The summed E-state index contributed by atoms with van der Waals surface area (Å²) in [5, 5.41) is 20.8. The number of halogens is 5. The summed E-state index contributed by atoms with van der Waals surface area (Å²) in [6.07, 6.45) is 0.336. The molecule has 0 aromatic heterocycles. The number of carboxylic acid groups (broad SMARTS) is 1. The van der Waals surface area contributed by atoms with E-state index in [1.807, 2.05) is 0 Å². The SMILES string of the molecule is O=C(O)C(CCCl)(CCCl)C(O)C(CCCl)(CCCl)CCCl. The average molecular weight is 417 g/mol. The van der Waals surface area contributed by atoms with Gasteiger partial charge in [0.1, 0.15) is 0 Å². The number of carboxylic acids is 1. The highest BCUT2D eigenvalue weighted by molar-refractivity contribution is 6.19. The molecular formula is C14H23Cl5O3. The quantitative estimate of drug-likeness (QED) is 0.433. The normalized spacial score (nSPS) is 14.1. The van der Waals surface area contributed by atoms with Gasteiger partial charge in [-0.3, -0.25) is 4.79 Å². The molecule has 0 saturated carbocycles. The van der Waals surface area contributed by atoms with Crippen molar-refractivity contribution in [3.8, 4) is 0 Å². The van der Waals surface area contributed by atoms with Crippen LogP contribution in [0.15, 0.2) is 0 Å². The molecule has 0 saturated heterocycles. The minimum atomic E-state index is -1.42. The van der Waals surface area contributed by atoms with Crippen LogP contribution in [0.2, 0.25) is 0 Å². The molecule has 2 N–H and O–H groups in total. The van der Waals surface area contributed by atoms with Crippen LogP contribution in [-0.4, -0.2) is 51.7 Å². The zero-order valence-corrected chi connectivity index (χ0v) is 16.1. The Morgan fingerprint density at radius 2 is 1.09 bits per heavy atom. The Kier molecular flexibility index (Phi) is 11.9. The molecule has 0 aliphatic carbocycles. The van der Waals surface area contributed by atoms with Gasteiger partial charge in [-0.15, -0.1) is 58.0 Å². The molecule has 0 aliphatic rings. The smallest absolute Gasteiger partial charge is 0.312 e. The summed E-state index contributed by atoms with van der Waals surface area (Å²) in [6.45, 7) is 0. The largest absolute Gasteiger partial charge is 0.481 e. The maximum absolute atomic E-state index is 11.9. The van der Waals surface area contributed by atoms with Crippen molar-refractivity contribution in [1.29, 1.82) is 0 Å². The van der Waals surface area contributed by atoms with Crippen molar-refractivity contribution < 1.29 is 15.0 Å². The van der Waals surface area contributed by atoms with E-state index in [9.17, 15) is 15.0 Å². The summed E-state index contributed by atoms with van der Waals surface area (Å²) in [7, 11) is 0. The summed E-state index contributed by atoms with van der Waals surface area (Å²) in [5.41, 5.74) is -2.19. The Labute approximate surface area is 157 Å². The number of hydrogen-bond donors (Lipinski definition) is 2. The van der Waals surface area contributed by atoms with Crippen LogP contribution in [0.1, 0.15) is 32.1 Å². The highest BCUT2D eigenvalue weighted by Crippen LogP contribution is 2.47. The average Bonchev–Trinajstić information content (AvgIpc) is 2.46. The van der Waals surface area contributed by atoms with Gasteiger partial charge in [-0.1, -0.05) is 0 Å². The van der Waals surface area contributed by atoms with E-state index < -0.39 is 22.9 Å². The fraction of sp³-hybridized carbons (Fsp3) is 0.929. The fourth-order valence-electron chi connectivity index (χ4n) is 3.00. The Hall–Kier alpha value is 0.880. The third-order valence-corrected chi connectivity index (χ3v) is 5.33. The van der Waals surface area contributed by atoms with Gasteiger partial charge >= 0.3 is 5.97 Å². The molecule has 0 aliphatic heterocycles. The maximum atomic E-state index is 11.9. The monoisotopic (exact) mass is 414 g/mol. The first-order valence-electron chi connectivity index (χ1n) is 7.12. The molecule has 0 spiro atoms. The third-order valence-electron chi connectivity index (χ3n) is 4.39. The number of aliphatic hydroxyl groups is 1. The van der Waals surface area contributed by atoms with E-state index in [1.54, 1.807) is 0 Å². The molecule has 0 heterocycles. The second-order valence-electron chi connectivity index (χ2n) is 5.42. The van der Waals surface area contributed by atoms with E-state index in [0.717, 1.165) is 0 Å². The van der Waals surface area contributed by atoms with Crippen LogP contribution < -0.4 is 0 Å². The zero-order valence-electron chi connectivity index (χ0n) is 12.3. The number of aliphatic hydroxyl groups excluding tert-OH is 1. The van der Waals surface area contributed by atoms with Gasteiger partial charge in [0.05, 0.1) is 11.5 Å². The van der Waals surface area contributed by atoms with Crippen LogP contribution in [0.3, 0.4) is 0 Å². The van der Waals surface area contributed by atoms with Crippen molar-refractivity contribution in [3.05, 3.63) is 0 Å². The van der Waals surface area contributed by atoms with Crippen LogP contribution in [-0.2, 0) is 4.79 Å². The van der Waals surface area contributed by atoms with Gasteiger partial charge in [0.2, 0.25) is 0 Å². The zero-order chi connectivity index (χ0) is 17.2. The van der Waals surface area contributed by atoms with Gasteiger partial charge in [-0.05, 0) is 32.1 Å².